The number of hydrogen-bond donors (Lipinski definition) is 0. The molecule has 5 nitrogen and oxygen atoms in total. The van der Waals surface area contributed by atoms with E-state index in [1.165, 1.54) is 67.8 Å². The molecule has 4 aliphatic rings. The summed E-state index contributed by atoms with van der Waals surface area (Å²) in [7, 11) is 0. The van der Waals surface area contributed by atoms with Crippen LogP contribution in [-0.4, -0.2) is 52.7 Å². The van der Waals surface area contributed by atoms with Crippen molar-refractivity contribution in [1.29, 1.82) is 0 Å². The highest BCUT2D eigenvalue weighted by Gasteiger charge is 2.43. The van der Waals surface area contributed by atoms with Crippen LogP contribution in [0.2, 0.25) is 0 Å². The number of piperidine rings is 1. The highest BCUT2D eigenvalue weighted by molar-refractivity contribution is 8.18. The summed E-state index contributed by atoms with van der Waals surface area (Å²) >= 11 is 4.29. The van der Waals surface area contributed by atoms with Gasteiger partial charge in [-0.25, -0.2) is 0 Å². The molecule has 220 valence electrons. The number of esters is 1. The van der Waals surface area contributed by atoms with Gasteiger partial charge in [-0.2, -0.15) is 0 Å². The fraction of sp³-hybridized carbons (Fsp3) is 0.559. The summed E-state index contributed by atoms with van der Waals surface area (Å²) in [6, 6.07) is 14.4. The monoisotopic (exact) mass is 593 g/mol. The number of hydrogen-bond acceptors (Lipinski definition) is 7. The van der Waals surface area contributed by atoms with Gasteiger partial charge < -0.3 is 14.2 Å². The highest BCUT2D eigenvalue weighted by Crippen LogP contribution is 2.58. The van der Waals surface area contributed by atoms with Crippen LogP contribution < -0.4 is 14.2 Å². The first kappa shape index (κ1) is 29.0. The Labute approximate surface area is 253 Å². The molecule has 7 heteroatoms. The predicted octanol–water partition coefficient (Wildman–Crippen LogP) is 8.14. The number of likely N-dealkylation sites (tertiary alicyclic amines) is 1. The van der Waals surface area contributed by atoms with E-state index >= 15 is 0 Å². The fourth-order valence-corrected chi connectivity index (χ4v) is 9.58. The van der Waals surface area contributed by atoms with Gasteiger partial charge in [-0.15, -0.1) is 23.5 Å². The van der Waals surface area contributed by atoms with Crippen molar-refractivity contribution in [2.45, 2.75) is 75.9 Å². The SMILES string of the molecule is CC(C)(C)C(=O)Oc1ccc2c(c1)OC(c1ccc(OCCN3CCCCC3)cc1)C1=C2CCC2(C1)SCCCS2. The van der Waals surface area contributed by atoms with Gasteiger partial charge in [-0.05, 0) is 125 Å². The smallest absolute Gasteiger partial charge is 0.316 e. The number of nitrogens with zero attached hydrogens (tertiary/aromatic N) is 1. The largest absolute Gasteiger partial charge is 0.492 e. The van der Waals surface area contributed by atoms with Crippen LogP contribution in [-0.2, 0) is 4.79 Å². The molecule has 41 heavy (non-hydrogen) atoms. The van der Waals surface area contributed by atoms with Gasteiger partial charge >= 0.3 is 5.97 Å². The van der Waals surface area contributed by atoms with Crippen LogP contribution >= 0.6 is 23.5 Å². The van der Waals surface area contributed by atoms with Crippen molar-refractivity contribution in [2.75, 3.05) is 37.7 Å². The molecule has 1 spiro atoms. The molecule has 1 aliphatic carbocycles. The van der Waals surface area contributed by atoms with E-state index in [4.69, 9.17) is 14.2 Å². The molecule has 0 aromatic heterocycles. The predicted molar refractivity (Wildman–Crippen MR) is 170 cm³/mol. The molecule has 0 saturated carbocycles. The lowest BCUT2D eigenvalue weighted by atomic mass is 9.80. The lowest BCUT2D eigenvalue weighted by Gasteiger charge is -2.44. The molecule has 2 aromatic carbocycles. The standard InChI is InChI=1S/C34H43NO4S2/c1-33(2,3)32(36)38-26-12-13-28-27-14-15-34(40-20-7-21-41-34)23-29(27)31(39-30(28)22-26)24-8-10-25(11-9-24)37-19-18-35-16-5-4-6-17-35/h8-13,22,31H,4-7,14-21,23H2,1-3H3. The maximum absolute atomic E-state index is 12.6. The third-order valence-corrected chi connectivity index (χ3v) is 12.0. The average molecular weight is 594 g/mol. The number of carbonyl (C=O) groups is 1. The molecule has 3 aliphatic heterocycles. The van der Waals surface area contributed by atoms with Gasteiger partial charge in [-0.3, -0.25) is 9.69 Å². The van der Waals surface area contributed by atoms with E-state index in [-0.39, 0.29) is 16.2 Å². The van der Waals surface area contributed by atoms with Crippen LogP contribution in [0.4, 0.5) is 0 Å². The quantitative estimate of drug-likeness (QED) is 0.247. The van der Waals surface area contributed by atoms with Gasteiger partial charge in [0.15, 0.2) is 0 Å². The maximum atomic E-state index is 12.6. The third-order valence-electron chi connectivity index (χ3n) is 8.59. The van der Waals surface area contributed by atoms with Gasteiger partial charge in [0.2, 0.25) is 0 Å². The molecule has 1 unspecified atom stereocenters. The van der Waals surface area contributed by atoms with E-state index in [1.54, 1.807) is 0 Å². The molecule has 2 fully saturated rings. The van der Waals surface area contributed by atoms with Crippen LogP contribution in [0.3, 0.4) is 0 Å². The lowest BCUT2D eigenvalue weighted by Crippen LogP contribution is -2.33. The van der Waals surface area contributed by atoms with Gasteiger partial charge in [-0.1, -0.05) is 18.6 Å². The summed E-state index contributed by atoms with van der Waals surface area (Å²) in [6.45, 7) is 9.70. The van der Waals surface area contributed by atoms with E-state index < -0.39 is 5.41 Å². The topological polar surface area (TPSA) is 48.0 Å². The minimum Gasteiger partial charge on any atom is -0.492 e. The molecule has 0 N–H and O–H groups in total. The Morgan fingerprint density at radius 2 is 1.73 bits per heavy atom. The number of rotatable bonds is 6. The van der Waals surface area contributed by atoms with Crippen LogP contribution in [0.1, 0.15) is 82.9 Å². The molecule has 3 heterocycles. The van der Waals surface area contributed by atoms with Crippen molar-refractivity contribution >= 4 is 35.1 Å². The van der Waals surface area contributed by atoms with Crippen LogP contribution in [0, 0.1) is 5.41 Å². The van der Waals surface area contributed by atoms with E-state index in [9.17, 15) is 4.79 Å². The zero-order chi connectivity index (χ0) is 28.5. The first-order valence-electron chi connectivity index (χ1n) is 15.3. The molecule has 0 radical (unpaired) electrons. The van der Waals surface area contributed by atoms with Crippen LogP contribution in [0.15, 0.2) is 48.0 Å². The van der Waals surface area contributed by atoms with Crippen molar-refractivity contribution < 1.29 is 19.0 Å². The van der Waals surface area contributed by atoms with Crippen LogP contribution in [0.5, 0.6) is 17.2 Å². The average Bonchev–Trinajstić information content (AvgIpc) is 2.97. The second-order valence-corrected chi connectivity index (χ2v) is 16.0. The normalized spacial score (nSPS) is 22.5. The molecule has 0 bridgehead atoms. The minimum atomic E-state index is -0.570. The minimum absolute atomic E-state index is 0.159. The number of benzene rings is 2. The zero-order valence-electron chi connectivity index (χ0n) is 24.7. The van der Waals surface area contributed by atoms with E-state index in [1.807, 2.05) is 32.9 Å². The second-order valence-electron chi connectivity index (χ2n) is 12.8. The molecule has 2 saturated heterocycles. The summed E-state index contributed by atoms with van der Waals surface area (Å²) in [4.78, 5) is 15.1. The first-order chi connectivity index (χ1) is 19.8. The van der Waals surface area contributed by atoms with Crippen molar-refractivity contribution in [2.24, 2.45) is 5.41 Å². The molecular weight excluding hydrogens is 551 g/mol. The molecule has 2 aromatic rings. The fourth-order valence-electron chi connectivity index (χ4n) is 6.24. The van der Waals surface area contributed by atoms with E-state index in [0.29, 0.717) is 5.75 Å². The Kier molecular flexibility index (Phi) is 8.67. The van der Waals surface area contributed by atoms with Crippen molar-refractivity contribution in [1.82, 2.24) is 4.90 Å². The van der Waals surface area contributed by atoms with Gasteiger partial charge in [0.05, 0.1) is 9.49 Å². The highest BCUT2D eigenvalue weighted by atomic mass is 32.2. The summed E-state index contributed by atoms with van der Waals surface area (Å²) in [6.07, 6.45) is 8.35. The van der Waals surface area contributed by atoms with Crippen molar-refractivity contribution in [3.63, 3.8) is 0 Å². The first-order valence-corrected chi connectivity index (χ1v) is 17.3. The summed E-state index contributed by atoms with van der Waals surface area (Å²) in [5.74, 6) is 4.48. The molecule has 0 amide bonds. The number of carbonyl (C=O) groups excluding carboxylic acids is 1. The van der Waals surface area contributed by atoms with Gasteiger partial charge in [0, 0.05) is 18.2 Å². The number of fused-ring (bicyclic) bond motifs is 2. The molecule has 6 rings (SSSR count). The summed E-state index contributed by atoms with van der Waals surface area (Å²) < 4.78 is 18.9. The Bertz CT molecular complexity index is 1270. The lowest BCUT2D eigenvalue weighted by molar-refractivity contribution is -0.143. The zero-order valence-corrected chi connectivity index (χ0v) is 26.3. The molecular formula is C34H43NO4S2. The molecule has 1 atom stereocenters. The number of ether oxygens (including phenoxy) is 3. The number of thioether (sulfide) groups is 2. The Morgan fingerprint density at radius 3 is 2.46 bits per heavy atom. The van der Waals surface area contributed by atoms with Gasteiger partial charge in [0.25, 0.3) is 0 Å². The maximum Gasteiger partial charge on any atom is 0.316 e. The summed E-state index contributed by atoms with van der Waals surface area (Å²) in [5, 5.41) is 0. The van der Waals surface area contributed by atoms with Crippen molar-refractivity contribution in [3.05, 3.63) is 59.2 Å². The Hall–Kier alpha value is -2.09. The Morgan fingerprint density at radius 1 is 1.00 bits per heavy atom. The van der Waals surface area contributed by atoms with Gasteiger partial charge in [0.1, 0.15) is 30.0 Å². The van der Waals surface area contributed by atoms with E-state index in [2.05, 4.69) is 58.8 Å². The second kappa shape index (κ2) is 12.3. The Balaban J connectivity index is 1.24. The summed E-state index contributed by atoms with van der Waals surface area (Å²) in [5.41, 5.74) is 4.53. The van der Waals surface area contributed by atoms with Crippen LogP contribution in [0.25, 0.3) is 5.57 Å². The van der Waals surface area contributed by atoms with Crippen molar-refractivity contribution in [3.8, 4) is 17.2 Å². The number of allylic oxidation sites excluding steroid dienone is 1. The van der Waals surface area contributed by atoms with E-state index in [0.717, 1.165) is 48.6 Å². The third kappa shape index (κ3) is 6.62.